The van der Waals surface area contributed by atoms with Crippen molar-refractivity contribution in [1.82, 2.24) is 0 Å². The van der Waals surface area contributed by atoms with Gasteiger partial charge in [0.15, 0.2) is 17.3 Å². The van der Waals surface area contributed by atoms with E-state index in [-0.39, 0.29) is 23.2 Å². The summed E-state index contributed by atoms with van der Waals surface area (Å²) >= 11 is 0. The Bertz CT molecular complexity index is 894. The molecule has 146 valence electrons. The van der Waals surface area contributed by atoms with Gasteiger partial charge in [-0.15, -0.1) is 0 Å². The quantitative estimate of drug-likeness (QED) is 0.525. The fraction of sp³-hybridized carbons (Fsp3) is 0.238. The Morgan fingerprint density at radius 1 is 1.14 bits per heavy atom. The summed E-state index contributed by atoms with van der Waals surface area (Å²) in [4.78, 5) is 25.8. The average molecular weight is 387 g/mol. The molecule has 0 atom stereocenters. The summed E-state index contributed by atoms with van der Waals surface area (Å²) < 4.78 is 34.1. The highest BCUT2D eigenvalue weighted by Crippen LogP contribution is 2.30. The van der Waals surface area contributed by atoms with E-state index in [0.29, 0.717) is 24.1 Å². The number of ether oxygens (including phenoxy) is 2. The number of anilines is 1. The van der Waals surface area contributed by atoms with Gasteiger partial charge in [0.25, 0.3) is 0 Å². The van der Waals surface area contributed by atoms with Gasteiger partial charge in [0.05, 0.1) is 7.11 Å². The molecule has 0 spiro atoms. The molecule has 1 saturated heterocycles. The number of halogens is 2. The third-order valence-corrected chi connectivity index (χ3v) is 4.37. The summed E-state index contributed by atoms with van der Waals surface area (Å²) in [6.07, 6.45) is 4.34. The number of ketones is 1. The Hall–Kier alpha value is -3.22. The summed E-state index contributed by atoms with van der Waals surface area (Å²) in [5.74, 6) is -0.0547. The molecule has 7 heteroatoms. The molecule has 0 bridgehead atoms. The van der Waals surface area contributed by atoms with Gasteiger partial charge in [0.2, 0.25) is 5.91 Å². The molecule has 2 aromatic carbocycles. The fourth-order valence-corrected chi connectivity index (χ4v) is 2.98. The van der Waals surface area contributed by atoms with Gasteiger partial charge in [-0.05, 0) is 54.5 Å². The number of rotatable bonds is 7. The topological polar surface area (TPSA) is 55.8 Å². The van der Waals surface area contributed by atoms with Crippen LogP contribution in [0.3, 0.4) is 0 Å². The second kappa shape index (κ2) is 8.65. The van der Waals surface area contributed by atoms with Gasteiger partial charge in [-0.3, -0.25) is 9.59 Å². The molecule has 1 amide bonds. The zero-order chi connectivity index (χ0) is 20.1. The summed E-state index contributed by atoms with van der Waals surface area (Å²) in [7, 11) is 1.35. The van der Waals surface area contributed by atoms with E-state index < -0.39 is 6.61 Å². The third kappa shape index (κ3) is 4.54. The number of alkyl halides is 2. The van der Waals surface area contributed by atoms with E-state index in [2.05, 4.69) is 4.74 Å². The molecule has 3 rings (SSSR count). The van der Waals surface area contributed by atoms with Crippen LogP contribution in [0.1, 0.15) is 28.8 Å². The largest absolute Gasteiger partial charge is 0.493 e. The molecule has 1 heterocycles. The van der Waals surface area contributed by atoms with Crippen LogP contribution >= 0.6 is 0 Å². The molecule has 0 aliphatic carbocycles. The summed E-state index contributed by atoms with van der Waals surface area (Å²) in [6.45, 7) is -2.25. The SMILES string of the molecule is COc1cc(C=CC(=O)c2ccc(N3CCCC3=O)cc2)ccc1OC(F)F. The minimum absolute atomic E-state index is 0.0759. The number of carbonyl (C=O) groups is 2. The van der Waals surface area contributed by atoms with Crippen LogP contribution in [0.2, 0.25) is 0 Å². The van der Waals surface area contributed by atoms with Crippen LogP contribution in [0.5, 0.6) is 11.5 Å². The molecular weight excluding hydrogens is 368 g/mol. The number of hydrogen-bond acceptors (Lipinski definition) is 4. The lowest BCUT2D eigenvalue weighted by Crippen LogP contribution is -2.23. The number of hydrogen-bond donors (Lipinski definition) is 0. The van der Waals surface area contributed by atoms with Crippen LogP contribution < -0.4 is 14.4 Å². The Kier molecular flexibility index (Phi) is 6.03. The minimum atomic E-state index is -2.95. The maximum absolute atomic E-state index is 12.4. The number of methoxy groups -OCH3 is 1. The first-order valence-electron chi connectivity index (χ1n) is 8.73. The van der Waals surface area contributed by atoms with Gasteiger partial charge in [-0.2, -0.15) is 8.78 Å². The molecular formula is C21H19F2NO4. The number of benzene rings is 2. The zero-order valence-electron chi connectivity index (χ0n) is 15.2. The molecule has 0 unspecified atom stereocenters. The number of carbonyl (C=O) groups excluding carboxylic acids is 2. The maximum atomic E-state index is 12.4. The molecule has 0 N–H and O–H groups in total. The molecule has 1 fully saturated rings. The standard InChI is InChI=1S/C21H19F2NO4/c1-27-19-13-14(5-11-18(19)28-21(22)23)4-10-17(25)15-6-8-16(9-7-15)24-12-2-3-20(24)26/h4-11,13,21H,2-3,12H2,1H3. The van der Waals surface area contributed by atoms with E-state index in [1.54, 1.807) is 41.3 Å². The van der Waals surface area contributed by atoms with E-state index in [4.69, 9.17) is 4.74 Å². The van der Waals surface area contributed by atoms with Gasteiger partial charge in [-0.1, -0.05) is 12.1 Å². The molecule has 0 aromatic heterocycles. The van der Waals surface area contributed by atoms with Crippen molar-refractivity contribution in [3.8, 4) is 11.5 Å². The van der Waals surface area contributed by atoms with E-state index in [1.165, 1.54) is 25.3 Å². The van der Waals surface area contributed by atoms with Crippen LogP contribution in [0.25, 0.3) is 6.08 Å². The Balaban J connectivity index is 1.70. The Morgan fingerprint density at radius 2 is 1.89 bits per heavy atom. The average Bonchev–Trinajstić information content (AvgIpc) is 3.12. The molecule has 28 heavy (non-hydrogen) atoms. The second-order valence-electron chi connectivity index (χ2n) is 6.18. The van der Waals surface area contributed by atoms with E-state index >= 15 is 0 Å². The van der Waals surface area contributed by atoms with Crippen LogP contribution in [-0.2, 0) is 4.79 Å². The first-order chi connectivity index (χ1) is 13.5. The van der Waals surface area contributed by atoms with Gasteiger partial charge in [-0.25, -0.2) is 0 Å². The monoisotopic (exact) mass is 387 g/mol. The molecule has 2 aromatic rings. The highest BCUT2D eigenvalue weighted by molar-refractivity contribution is 6.07. The van der Waals surface area contributed by atoms with Crippen molar-refractivity contribution in [1.29, 1.82) is 0 Å². The van der Waals surface area contributed by atoms with Crippen molar-refractivity contribution in [2.45, 2.75) is 19.5 Å². The van der Waals surface area contributed by atoms with Crippen molar-refractivity contribution in [3.05, 3.63) is 59.7 Å². The van der Waals surface area contributed by atoms with Crippen LogP contribution in [0, 0.1) is 0 Å². The third-order valence-electron chi connectivity index (χ3n) is 4.37. The summed E-state index contributed by atoms with van der Waals surface area (Å²) in [5, 5.41) is 0. The fourth-order valence-electron chi connectivity index (χ4n) is 2.98. The second-order valence-corrected chi connectivity index (χ2v) is 6.18. The van der Waals surface area contributed by atoms with Gasteiger partial charge in [0.1, 0.15) is 0 Å². The van der Waals surface area contributed by atoms with Crippen molar-refractivity contribution in [2.24, 2.45) is 0 Å². The van der Waals surface area contributed by atoms with Crippen molar-refractivity contribution in [3.63, 3.8) is 0 Å². The van der Waals surface area contributed by atoms with E-state index in [9.17, 15) is 18.4 Å². The molecule has 1 aliphatic rings. The van der Waals surface area contributed by atoms with Crippen LogP contribution in [-0.4, -0.2) is 32.0 Å². The van der Waals surface area contributed by atoms with Crippen molar-refractivity contribution < 1.29 is 27.8 Å². The molecule has 5 nitrogen and oxygen atoms in total. The lowest BCUT2D eigenvalue weighted by Gasteiger charge is -2.15. The number of allylic oxidation sites excluding steroid dienone is 1. The predicted octanol–water partition coefficient (Wildman–Crippen LogP) is 4.32. The maximum Gasteiger partial charge on any atom is 0.387 e. The van der Waals surface area contributed by atoms with Gasteiger partial charge < -0.3 is 14.4 Å². The van der Waals surface area contributed by atoms with Crippen LogP contribution in [0.15, 0.2) is 48.5 Å². The number of amides is 1. The molecule has 0 saturated carbocycles. The normalized spacial score (nSPS) is 14.1. The lowest BCUT2D eigenvalue weighted by molar-refractivity contribution is -0.117. The zero-order valence-corrected chi connectivity index (χ0v) is 15.2. The lowest BCUT2D eigenvalue weighted by atomic mass is 10.1. The summed E-state index contributed by atoms with van der Waals surface area (Å²) in [5.41, 5.74) is 1.87. The van der Waals surface area contributed by atoms with Crippen molar-refractivity contribution in [2.75, 3.05) is 18.6 Å². The number of nitrogens with zero attached hydrogens (tertiary/aromatic N) is 1. The Morgan fingerprint density at radius 3 is 2.50 bits per heavy atom. The first kappa shape index (κ1) is 19.5. The highest BCUT2D eigenvalue weighted by Gasteiger charge is 2.21. The van der Waals surface area contributed by atoms with E-state index in [1.807, 2.05) is 0 Å². The minimum Gasteiger partial charge on any atom is -0.493 e. The van der Waals surface area contributed by atoms with Gasteiger partial charge in [0, 0.05) is 24.2 Å². The highest BCUT2D eigenvalue weighted by atomic mass is 19.3. The smallest absolute Gasteiger partial charge is 0.387 e. The molecule has 1 aliphatic heterocycles. The first-order valence-corrected chi connectivity index (χ1v) is 8.73. The van der Waals surface area contributed by atoms with Crippen molar-refractivity contribution >= 4 is 23.5 Å². The van der Waals surface area contributed by atoms with Gasteiger partial charge >= 0.3 is 6.61 Å². The van der Waals surface area contributed by atoms with Crippen LogP contribution in [0.4, 0.5) is 14.5 Å². The molecule has 0 radical (unpaired) electrons. The van der Waals surface area contributed by atoms with E-state index in [0.717, 1.165) is 12.1 Å². The predicted molar refractivity (Wildman–Crippen MR) is 101 cm³/mol. The Labute approximate surface area is 161 Å². The summed E-state index contributed by atoms with van der Waals surface area (Å²) in [6, 6.07) is 11.3.